The lowest BCUT2D eigenvalue weighted by Crippen LogP contribution is -2.36. The molecule has 3 aromatic rings. The van der Waals surface area contributed by atoms with Gasteiger partial charge in [-0.1, -0.05) is 0 Å². The Hall–Kier alpha value is -3.40. The van der Waals surface area contributed by atoms with Crippen molar-refractivity contribution in [1.29, 1.82) is 0 Å². The first-order chi connectivity index (χ1) is 14.5. The molecule has 0 atom stereocenters. The van der Waals surface area contributed by atoms with E-state index in [1.165, 1.54) is 25.3 Å². The molecule has 30 heavy (non-hydrogen) atoms. The second kappa shape index (κ2) is 8.54. The van der Waals surface area contributed by atoms with Gasteiger partial charge in [-0.25, -0.2) is 4.98 Å². The van der Waals surface area contributed by atoms with E-state index in [4.69, 9.17) is 9.47 Å². The Balaban J connectivity index is 1.51. The lowest BCUT2D eigenvalue weighted by Gasteiger charge is -2.26. The summed E-state index contributed by atoms with van der Waals surface area (Å²) in [6.07, 6.45) is 0. The summed E-state index contributed by atoms with van der Waals surface area (Å²) >= 11 is 0. The monoisotopic (exact) mass is 418 g/mol. The molecule has 0 radical (unpaired) electrons. The van der Waals surface area contributed by atoms with Gasteiger partial charge in [0.1, 0.15) is 0 Å². The number of alkyl halides is 2. The summed E-state index contributed by atoms with van der Waals surface area (Å²) < 4.78 is 39.7. The maximum Gasteiger partial charge on any atom is 0.387 e. The highest BCUT2D eigenvalue weighted by Crippen LogP contribution is 2.30. The molecule has 0 bridgehead atoms. The minimum absolute atomic E-state index is 0.0436. The van der Waals surface area contributed by atoms with E-state index in [1.807, 2.05) is 6.07 Å². The van der Waals surface area contributed by atoms with Crippen LogP contribution in [0.3, 0.4) is 0 Å². The third-order valence-corrected chi connectivity index (χ3v) is 4.68. The maximum absolute atomic E-state index is 12.6. The van der Waals surface area contributed by atoms with Crippen molar-refractivity contribution in [2.24, 2.45) is 0 Å². The summed E-state index contributed by atoms with van der Waals surface area (Å²) in [4.78, 5) is 22.6. The smallest absolute Gasteiger partial charge is 0.387 e. The number of H-pyrrole nitrogens is 1. The average molecular weight is 418 g/mol. The van der Waals surface area contributed by atoms with E-state index >= 15 is 0 Å². The number of aromatic nitrogens is 2. The number of nitrogens with zero attached hydrogens (tertiary/aromatic N) is 2. The molecule has 8 nitrogen and oxygen atoms in total. The molecule has 0 unspecified atom stereocenters. The number of ether oxygens (including phenoxy) is 3. The van der Waals surface area contributed by atoms with Gasteiger partial charge < -0.3 is 29.4 Å². The number of morpholine rings is 1. The molecule has 1 aliphatic heterocycles. The molecule has 0 saturated carbocycles. The van der Waals surface area contributed by atoms with Crippen LogP contribution >= 0.6 is 0 Å². The van der Waals surface area contributed by atoms with Crippen molar-refractivity contribution in [2.45, 2.75) is 6.61 Å². The summed E-state index contributed by atoms with van der Waals surface area (Å²) in [5.74, 6) is 0.251. The third kappa shape index (κ3) is 4.28. The van der Waals surface area contributed by atoms with Crippen LogP contribution in [0, 0.1) is 0 Å². The molecular formula is C20H20F2N4O4. The van der Waals surface area contributed by atoms with E-state index in [0.717, 1.165) is 30.1 Å². The first-order valence-corrected chi connectivity index (χ1v) is 9.30. The van der Waals surface area contributed by atoms with Gasteiger partial charge in [-0.15, -0.1) is 0 Å². The molecule has 2 heterocycles. The minimum atomic E-state index is -2.98. The van der Waals surface area contributed by atoms with Crippen molar-refractivity contribution in [3.8, 4) is 11.5 Å². The zero-order valence-electron chi connectivity index (χ0n) is 16.2. The molecule has 1 aliphatic rings. The number of rotatable bonds is 6. The van der Waals surface area contributed by atoms with Crippen LogP contribution in [-0.2, 0) is 4.74 Å². The second-order valence-electron chi connectivity index (χ2n) is 6.59. The van der Waals surface area contributed by atoms with Crippen LogP contribution in [0.4, 0.5) is 20.4 Å². The van der Waals surface area contributed by atoms with Gasteiger partial charge in [-0.3, -0.25) is 4.79 Å². The van der Waals surface area contributed by atoms with E-state index in [1.54, 1.807) is 12.1 Å². The molecule has 1 amide bonds. The highest BCUT2D eigenvalue weighted by Gasteiger charge is 2.17. The normalized spacial score (nSPS) is 14.2. The number of hydrogen-bond donors (Lipinski definition) is 2. The summed E-state index contributed by atoms with van der Waals surface area (Å²) in [7, 11) is 1.31. The van der Waals surface area contributed by atoms with E-state index in [0.29, 0.717) is 18.9 Å². The van der Waals surface area contributed by atoms with Crippen LogP contribution in [-0.4, -0.2) is 55.9 Å². The number of amides is 1. The fourth-order valence-electron chi connectivity index (χ4n) is 3.20. The SMILES string of the molecule is COc1cc(C(=O)Nc2ccc3nc(N4CCOCC4)[nH]c3c2)ccc1OC(F)F. The molecule has 1 fully saturated rings. The van der Waals surface area contributed by atoms with Crippen molar-refractivity contribution in [3.05, 3.63) is 42.0 Å². The number of fused-ring (bicyclic) bond motifs is 1. The van der Waals surface area contributed by atoms with Gasteiger partial charge in [0, 0.05) is 24.3 Å². The fourth-order valence-corrected chi connectivity index (χ4v) is 3.20. The van der Waals surface area contributed by atoms with Crippen LogP contribution in [0.5, 0.6) is 11.5 Å². The zero-order valence-corrected chi connectivity index (χ0v) is 16.2. The molecule has 1 aromatic heterocycles. The molecule has 0 aliphatic carbocycles. The van der Waals surface area contributed by atoms with Crippen molar-refractivity contribution < 1.29 is 27.8 Å². The molecule has 4 rings (SSSR count). The predicted octanol–water partition coefficient (Wildman–Crippen LogP) is 3.26. The Morgan fingerprint density at radius 2 is 2.00 bits per heavy atom. The van der Waals surface area contributed by atoms with Crippen LogP contribution < -0.4 is 19.7 Å². The largest absolute Gasteiger partial charge is 0.493 e. The maximum atomic E-state index is 12.6. The lowest BCUT2D eigenvalue weighted by molar-refractivity contribution is -0.0512. The van der Waals surface area contributed by atoms with Crippen LogP contribution in [0.1, 0.15) is 10.4 Å². The van der Waals surface area contributed by atoms with E-state index in [-0.39, 0.29) is 17.1 Å². The van der Waals surface area contributed by atoms with Crippen molar-refractivity contribution in [2.75, 3.05) is 43.6 Å². The van der Waals surface area contributed by atoms with E-state index < -0.39 is 12.5 Å². The molecule has 10 heteroatoms. The minimum Gasteiger partial charge on any atom is -0.493 e. The Bertz CT molecular complexity index is 1050. The van der Waals surface area contributed by atoms with Gasteiger partial charge in [-0.05, 0) is 36.4 Å². The summed E-state index contributed by atoms with van der Waals surface area (Å²) in [5, 5.41) is 2.79. The van der Waals surface area contributed by atoms with Crippen LogP contribution in [0.15, 0.2) is 36.4 Å². The number of anilines is 2. The van der Waals surface area contributed by atoms with Gasteiger partial charge in [-0.2, -0.15) is 8.78 Å². The van der Waals surface area contributed by atoms with Gasteiger partial charge in [0.15, 0.2) is 11.5 Å². The molecule has 1 saturated heterocycles. The number of carbonyl (C=O) groups excluding carboxylic acids is 1. The van der Waals surface area contributed by atoms with E-state index in [2.05, 4.69) is 24.9 Å². The molecular weight excluding hydrogens is 398 g/mol. The number of imidazole rings is 1. The van der Waals surface area contributed by atoms with Gasteiger partial charge in [0.2, 0.25) is 5.95 Å². The number of methoxy groups -OCH3 is 1. The summed E-state index contributed by atoms with van der Waals surface area (Å²) in [5.41, 5.74) is 2.38. The number of nitrogens with one attached hydrogen (secondary N) is 2. The summed E-state index contributed by atoms with van der Waals surface area (Å²) in [6.45, 7) is -0.152. The van der Waals surface area contributed by atoms with Gasteiger partial charge in [0.25, 0.3) is 5.91 Å². The van der Waals surface area contributed by atoms with E-state index in [9.17, 15) is 13.6 Å². The van der Waals surface area contributed by atoms with Crippen molar-refractivity contribution in [1.82, 2.24) is 9.97 Å². The van der Waals surface area contributed by atoms with Crippen LogP contribution in [0.2, 0.25) is 0 Å². The van der Waals surface area contributed by atoms with Gasteiger partial charge >= 0.3 is 6.61 Å². The fraction of sp³-hybridized carbons (Fsp3) is 0.300. The van der Waals surface area contributed by atoms with Crippen molar-refractivity contribution >= 4 is 28.6 Å². The summed E-state index contributed by atoms with van der Waals surface area (Å²) in [6, 6.07) is 9.35. The Morgan fingerprint density at radius 3 is 2.73 bits per heavy atom. The number of carbonyl (C=O) groups is 1. The standard InChI is InChI=1S/C20H20F2N4O4/c1-28-17-10-12(2-5-16(17)30-19(21)22)18(27)23-13-3-4-14-15(11-13)25-20(24-14)26-6-8-29-9-7-26/h2-5,10-11,19H,6-9H2,1H3,(H,23,27)(H,24,25). The highest BCUT2D eigenvalue weighted by molar-refractivity contribution is 6.05. The van der Waals surface area contributed by atoms with Gasteiger partial charge in [0.05, 0.1) is 31.4 Å². The predicted molar refractivity (Wildman–Crippen MR) is 107 cm³/mol. The Labute approximate surface area is 170 Å². The first-order valence-electron chi connectivity index (χ1n) is 9.30. The highest BCUT2D eigenvalue weighted by atomic mass is 19.3. The number of hydrogen-bond acceptors (Lipinski definition) is 6. The molecule has 158 valence electrons. The molecule has 2 aromatic carbocycles. The van der Waals surface area contributed by atoms with Crippen molar-refractivity contribution in [3.63, 3.8) is 0 Å². The number of halogens is 2. The number of benzene rings is 2. The average Bonchev–Trinajstić information content (AvgIpc) is 3.17. The lowest BCUT2D eigenvalue weighted by atomic mass is 10.1. The zero-order chi connectivity index (χ0) is 21.1. The molecule has 2 N–H and O–H groups in total. The Morgan fingerprint density at radius 1 is 1.20 bits per heavy atom. The number of aromatic amines is 1. The quantitative estimate of drug-likeness (QED) is 0.639. The molecule has 0 spiro atoms. The topological polar surface area (TPSA) is 88.7 Å². The third-order valence-electron chi connectivity index (χ3n) is 4.68. The Kier molecular flexibility index (Phi) is 5.66. The first kappa shape index (κ1) is 19.9. The second-order valence-corrected chi connectivity index (χ2v) is 6.59. The van der Waals surface area contributed by atoms with Crippen LogP contribution in [0.25, 0.3) is 11.0 Å².